The number of benzene rings is 1. The number of hydrogen-bond acceptors (Lipinski definition) is 3. The molecule has 0 heterocycles. The van der Waals surface area contributed by atoms with Crippen LogP contribution in [-0.2, 0) is 4.74 Å². The lowest BCUT2D eigenvalue weighted by Gasteiger charge is -2.10. The number of ether oxygens (including phenoxy) is 2. The summed E-state index contributed by atoms with van der Waals surface area (Å²) in [5, 5.41) is 9.24. The summed E-state index contributed by atoms with van der Waals surface area (Å²) in [5.41, 5.74) is 0. The fraction of sp³-hybridized carbons (Fsp3) is 0.400. The molecule has 0 saturated carbocycles. The van der Waals surface area contributed by atoms with Crippen LogP contribution in [0.1, 0.15) is 0 Å². The molecule has 0 aliphatic rings. The molecule has 0 unspecified atom stereocenters. The van der Waals surface area contributed by atoms with E-state index in [1.54, 1.807) is 0 Å². The molecule has 1 aromatic carbocycles. The quantitative estimate of drug-likeness (QED) is 0.776. The van der Waals surface area contributed by atoms with Crippen molar-refractivity contribution in [1.29, 1.82) is 0 Å². The molecule has 0 saturated heterocycles. The van der Waals surface area contributed by atoms with Crippen LogP contribution in [0.2, 0.25) is 0 Å². The molecule has 3 nitrogen and oxygen atoms in total. The first kappa shape index (κ1) is 10.9. The lowest BCUT2D eigenvalue weighted by molar-refractivity contribution is 0.0325. The van der Waals surface area contributed by atoms with Crippen molar-refractivity contribution in [3.63, 3.8) is 0 Å². The molecule has 0 aliphatic heterocycles. The highest BCUT2D eigenvalue weighted by atomic mass is 19.1. The Kier molecular flexibility index (Phi) is 4.35. The highest BCUT2D eigenvalue weighted by molar-refractivity contribution is 5.21. The zero-order chi connectivity index (χ0) is 10.4. The number of aliphatic hydroxyl groups excluding tert-OH is 1. The Balaban J connectivity index is 2.34. The van der Waals surface area contributed by atoms with Crippen molar-refractivity contribution in [3.05, 3.63) is 30.1 Å². The van der Waals surface area contributed by atoms with Gasteiger partial charge in [0.15, 0.2) is 0 Å². The molecule has 1 atom stereocenters. The van der Waals surface area contributed by atoms with Gasteiger partial charge in [0.2, 0.25) is 0 Å². The monoisotopic (exact) mass is 200 g/mol. The summed E-state index contributed by atoms with van der Waals surface area (Å²) in [5.74, 6) is 0.219. The van der Waals surface area contributed by atoms with E-state index in [-0.39, 0.29) is 19.0 Å². The molecular weight excluding hydrogens is 187 g/mol. The molecule has 1 aromatic rings. The van der Waals surface area contributed by atoms with E-state index < -0.39 is 6.10 Å². The van der Waals surface area contributed by atoms with Gasteiger partial charge in [0, 0.05) is 7.11 Å². The Morgan fingerprint density at radius 3 is 2.50 bits per heavy atom. The summed E-state index contributed by atoms with van der Waals surface area (Å²) < 4.78 is 22.4. The number of hydrogen-bond donors (Lipinski definition) is 1. The third-order valence-corrected chi connectivity index (χ3v) is 1.62. The summed E-state index contributed by atoms with van der Waals surface area (Å²) in [6.45, 7) is 0.362. The van der Waals surface area contributed by atoms with Crippen molar-refractivity contribution in [2.75, 3.05) is 20.3 Å². The minimum Gasteiger partial charge on any atom is -0.491 e. The largest absolute Gasteiger partial charge is 0.491 e. The molecular formula is C10H13FO3. The lowest BCUT2D eigenvalue weighted by Crippen LogP contribution is -2.22. The average molecular weight is 200 g/mol. The first-order valence-electron chi connectivity index (χ1n) is 4.27. The predicted molar refractivity (Wildman–Crippen MR) is 49.8 cm³/mol. The van der Waals surface area contributed by atoms with Gasteiger partial charge in [0.1, 0.15) is 24.3 Å². The first-order chi connectivity index (χ1) is 6.72. The minimum absolute atomic E-state index is 0.138. The third kappa shape index (κ3) is 3.72. The second kappa shape index (κ2) is 5.57. The van der Waals surface area contributed by atoms with Gasteiger partial charge in [-0.2, -0.15) is 0 Å². The molecule has 78 valence electrons. The molecule has 1 N–H and O–H groups in total. The van der Waals surface area contributed by atoms with Gasteiger partial charge >= 0.3 is 0 Å². The molecule has 14 heavy (non-hydrogen) atoms. The molecule has 0 radical (unpaired) electrons. The van der Waals surface area contributed by atoms with Crippen LogP contribution in [0.3, 0.4) is 0 Å². The molecule has 0 amide bonds. The zero-order valence-corrected chi connectivity index (χ0v) is 7.94. The van der Waals surface area contributed by atoms with Gasteiger partial charge in [-0.3, -0.25) is 0 Å². The Labute approximate surface area is 82.1 Å². The Bertz CT molecular complexity index is 261. The molecule has 0 spiro atoms. The number of halogens is 1. The van der Waals surface area contributed by atoms with E-state index >= 15 is 0 Å². The summed E-state index contributed by atoms with van der Waals surface area (Å²) in [7, 11) is 1.50. The van der Waals surface area contributed by atoms with Gasteiger partial charge in [0.05, 0.1) is 6.61 Å². The SMILES string of the molecule is COC[C@@H](O)COc1ccc(F)cc1. The Morgan fingerprint density at radius 1 is 1.29 bits per heavy atom. The molecule has 4 heteroatoms. The maximum atomic E-state index is 12.5. The Hall–Kier alpha value is -1.13. The second-order valence-electron chi connectivity index (χ2n) is 2.87. The number of methoxy groups -OCH3 is 1. The van der Waals surface area contributed by atoms with Gasteiger partial charge in [-0.1, -0.05) is 0 Å². The van der Waals surface area contributed by atoms with Crippen molar-refractivity contribution < 1.29 is 19.0 Å². The summed E-state index contributed by atoms with van der Waals surface area (Å²) in [4.78, 5) is 0. The highest BCUT2D eigenvalue weighted by Crippen LogP contribution is 2.11. The van der Waals surface area contributed by atoms with Crippen LogP contribution >= 0.6 is 0 Å². The fourth-order valence-electron chi connectivity index (χ4n) is 0.964. The molecule has 0 bridgehead atoms. The van der Waals surface area contributed by atoms with Crippen molar-refractivity contribution in [1.82, 2.24) is 0 Å². The zero-order valence-electron chi connectivity index (χ0n) is 7.94. The first-order valence-corrected chi connectivity index (χ1v) is 4.27. The fourth-order valence-corrected chi connectivity index (χ4v) is 0.964. The highest BCUT2D eigenvalue weighted by Gasteiger charge is 2.03. The van der Waals surface area contributed by atoms with Crippen LogP contribution in [-0.4, -0.2) is 31.5 Å². The molecule has 0 aromatic heterocycles. The maximum absolute atomic E-state index is 12.5. The summed E-state index contributed by atoms with van der Waals surface area (Å²) in [6, 6.07) is 5.62. The van der Waals surface area contributed by atoms with E-state index in [0.717, 1.165) is 0 Å². The van der Waals surface area contributed by atoms with Crippen LogP contribution in [0.4, 0.5) is 4.39 Å². The van der Waals surface area contributed by atoms with E-state index in [4.69, 9.17) is 9.47 Å². The molecule has 0 fully saturated rings. The van der Waals surface area contributed by atoms with Crippen LogP contribution in [0.5, 0.6) is 5.75 Å². The average Bonchev–Trinajstić information content (AvgIpc) is 2.17. The van der Waals surface area contributed by atoms with Crippen molar-refractivity contribution in [2.45, 2.75) is 6.10 Å². The third-order valence-electron chi connectivity index (χ3n) is 1.62. The van der Waals surface area contributed by atoms with Crippen LogP contribution < -0.4 is 4.74 Å². The Morgan fingerprint density at radius 2 is 1.93 bits per heavy atom. The van der Waals surface area contributed by atoms with Crippen LogP contribution in [0.25, 0.3) is 0 Å². The number of rotatable bonds is 5. The smallest absolute Gasteiger partial charge is 0.123 e. The summed E-state index contributed by atoms with van der Waals surface area (Å²) in [6.07, 6.45) is -0.662. The van der Waals surface area contributed by atoms with Crippen LogP contribution in [0, 0.1) is 5.82 Å². The van der Waals surface area contributed by atoms with Gasteiger partial charge < -0.3 is 14.6 Å². The maximum Gasteiger partial charge on any atom is 0.123 e. The van der Waals surface area contributed by atoms with Crippen molar-refractivity contribution in [3.8, 4) is 5.75 Å². The molecule has 0 aliphatic carbocycles. The van der Waals surface area contributed by atoms with E-state index in [0.29, 0.717) is 5.75 Å². The van der Waals surface area contributed by atoms with E-state index in [9.17, 15) is 9.50 Å². The second-order valence-corrected chi connectivity index (χ2v) is 2.87. The normalized spacial score (nSPS) is 12.5. The van der Waals surface area contributed by atoms with Gasteiger partial charge in [-0.15, -0.1) is 0 Å². The topological polar surface area (TPSA) is 38.7 Å². The van der Waals surface area contributed by atoms with E-state index in [1.165, 1.54) is 31.4 Å². The van der Waals surface area contributed by atoms with Crippen LogP contribution in [0.15, 0.2) is 24.3 Å². The standard InChI is InChI=1S/C10H13FO3/c1-13-6-9(12)7-14-10-4-2-8(11)3-5-10/h2-5,9,12H,6-7H2,1H3/t9-/m1/s1. The van der Waals surface area contributed by atoms with Gasteiger partial charge in [-0.05, 0) is 24.3 Å². The molecule has 1 rings (SSSR count). The van der Waals surface area contributed by atoms with Gasteiger partial charge in [-0.25, -0.2) is 4.39 Å². The lowest BCUT2D eigenvalue weighted by atomic mass is 10.3. The predicted octanol–water partition coefficient (Wildman–Crippen LogP) is 1.21. The van der Waals surface area contributed by atoms with Crippen molar-refractivity contribution >= 4 is 0 Å². The minimum atomic E-state index is -0.662. The van der Waals surface area contributed by atoms with E-state index in [1.807, 2.05) is 0 Å². The number of aliphatic hydroxyl groups is 1. The van der Waals surface area contributed by atoms with Gasteiger partial charge in [0.25, 0.3) is 0 Å². The van der Waals surface area contributed by atoms with E-state index in [2.05, 4.69) is 0 Å². The summed E-state index contributed by atoms with van der Waals surface area (Å²) >= 11 is 0. The van der Waals surface area contributed by atoms with Crippen molar-refractivity contribution in [2.24, 2.45) is 0 Å².